The van der Waals surface area contributed by atoms with Crippen LogP contribution in [0.4, 0.5) is 10.5 Å². The largest absolute Gasteiger partial charge is 0.490 e. The van der Waals surface area contributed by atoms with Gasteiger partial charge in [0.25, 0.3) is 0 Å². The smallest absolute Gasteiger partial charge is 0.444 e. The van der Waals surface area contributed by atoms with Gasteiger partial charge in [0.2, 0.25) is 0 Å². The van der Waals surface area contributed by atoms with Crippen molar-refractivity contribution in [2.45, 2.75) is 39.3 Å². The average Bonchev–Trinajstić information content (AvgIpc) is 2.45. The summed E-state index contributed by atoms with van der Waals surface area (Å²) in [5, 5.41) is 18.5. The number of carbonyl (C=O) groups excluding carboxylic acids is 1. The molecular weight excluding hydrogens is 297 g/mol. The zero-order valence-electron chi connectivity index (χ0n) is 14.1. The number of nitrogens with zero attached hydrogens (tertiary/aromatic N) is 3. The topological polar surface area (TPSA) is 86.1 Å². The predicted octanol–water partition coefficient (Wildman–Crippen LogP) is 0.207. The fourth-order valence-corrected chi connectivity index (χ4v) is 2.54. The molecule has 1 fully saturated rings. The summed E-state index contributed by atoms with van der Waals surface area (Å²) in [6.45, 7) is 9.33. The third-order valence-electron chi connectivity index (χ3n) is 3.66. The Hall–Kier alpha value is -1.80. The van der Waals surface area contributed by atoms with Gasteiger partial charge in [-0.3, -0.25) is 4.98 Å². The summed E-state index contributed by atoms with van der Waals surface area (Å²) in [6, 6.07) is 1.69. The fraction of sp³-hybridized carbons (Fsp3) is 0.600. The number of hydrogen-bond donors (Lipinski definition) is 2. The van der Waals surface area contributed by atoms with E-state index in [2.05, 4.69) is 9.88 Å². The number of hydrogen-bond acceptors (Lipinski definition) is 6. The van der Waals surface area contributed by atoms with Crippen molar-refractivity contribution < 1.29 is 19.6 Å². The lowest BCUT2D eigenvalue weighted by Gasteiger charge is -2.41. The van der Waals surface area contributed by atoms with Crippen LogP contribution in [-0.4, -0.2) is 64.4 Å². The van der Waals surface area contributed by atoms with Gasteiger partial charge in [-0.2, -0.15) is 0 Å². The van der Waals surface area contributed by atoms with Gasteiger partial charge >= 0.3 is 13.2 Å². The zero-order valence-corrected chi connectivity index (χ0v) is 14.1. The Balaban J connectivity index is 2.04. The third kappa shape index (κ3) is 4.59. The van der Waals surface area contributed by atoms with Crippen molar-refractivity contribution in [1.29, 1.82) is 0 Å². The van der Waals surface area contributed by atoms with Gasteiger partial charge in [0.05, 0.1) is 11.9 Å². The Labute approximate surface area is 137 Å². The van der Waals surface area contributed by atoms with Gasteiger partial charge in [0, 0.05) is 37.3 Å². The van der Waals surface area contributed by atoms with Crippen molar-refractivity contribution in [3.63, 3.8) is 0 Å². The Morgan fingerprint density at radius 2 is 2.04 bits per heavy atom. The molecule has 0 aromatic carbocycles. The number of ether oxygens (including phenoxy) is 1. The molecule has 23 heavy (non-hydrogen) atoms. The van der Waals surface area contributed by atoms with Crippen molar-refractivity contribution in [2.75, 3.05) is 24.5 Å². The molecule has 0 aliphatic carbocycles. The molecule has 7 nitrogen and oxygen atoms in total. The maximum atomic E-state index is 12.2. The fourth-order valence-electron chi connectivity index (χ4n) is 2.54. The van der Waals surface area contributed by atoms with Crippen LogP contribution in [0.3, 0.4) is 0 Å². The van der Waals surface area contributed by atoms with Crippen LogP contribution < -0.4 is 10.4 Å². The number of piperazine rings is 1. The third-order valence-corrected chi connectivity index (χ3v) is 3.66. The first kappa shape index (κ1) is 17.6. The van der Waals surface area contributed by atoms with Crippen LogP contribution in [0.15, 0.2) is 18.5 Å². The number of pyridine rings is 1. The Morgan fingerprint density at radius 1 is 1.35 bits per heavy atom. The standard InChI is InChI=1S/C15H24BN3O4/c1-11-10-18(13-7-12(16(21)22)8-17-9-13)5-6-19(11)14(20)23-15(2,3)4/h7-9,11,21-22H,5-6,10H2,1-4H3/t11-/m1/s1. The molecule has 0 saturated carbocycles. The lowest BCUT2D eigenvalue weighted by Crippen LogP contribution is -2.55. The highest BCUT2D eigenvalue weighted by molar-refractivity contribution is 6.58. The molecule has 0 bridgehead atoms. The van der Waals surface area contributed by atoms with Gasteiger partial charge < -0.3 is 24.6 Å². The maximum absolute atomic E-state index is 12.2. The van der Waals surface area contributed by atoms with Crippen molar-refractivity contribution in [1.82, 2.24) is 9.88 Å². The molecule has 1 aromatic rings. The molecule has 2 N–H and O–H groups in total. The number of anilines is 1. The maximum Gasteiger partial charge on any atom is 0.490 e. The molecule has 1 aromatic heterocycles. The van der Waals surface area contributed by atoms with E-state index in [1.165, 1.54) is 6.20 Å². The quantitative estimate of drug-likeness (QED) is 0.757. The van der Waals surface area contributed by atoms with E-state index in [0.29, 0.717) is 25.1 Å². The predicted molar refractivity (Wildman–Crippen MR) is 88.7 cm³/mol. The number of aromatic nitrogens is 1. The normalized spacial score (nSPS) is 18.8. The summed E-state index contributed by atoms with van der Waals surface area (Å²) in [4.78, 5) is 20.1. The average molecular weight is 321 g/mol. The van der Waals surface area contributed by atoms with Gasteiger partial charge in [-0.15, -0.1) is 0 Å². The second kappa shape index (κ2) is 6.76. The van der Waals surface area contributed by atoms with E-state index >= 15 is 0 Å². The van der Waals surface area contributed by atoms with Gasteiger partial charge in [0.1, 0.15) is 5.60 Å². The molecule has 2 heterocycles. The monoisotopic (exact) mass is 321 g/mol. The van der Waals surface area contributed by atoms with E-state index in [1.54, 1.807) is 17.2 Å². The molecule has 0 unspecified atom stereocenters. The first-order chi connectivity index (χ1) is 10.7. The van der Waals surface area contributed by atoms with Gasteiger partial charge in [0.15, 0.2) is 0 Å². The second-order valence-corrected chi connectivity index (χ2v) is 6.82. The van der Waals surface area contributed by atoms with E-state index < -0.39 is 12.7 Å². The molecule has 1 saturated heterocycles. The van der Waals surface area contributed by atoms with Crippen LogP contribution in [-0.2, 0) is 4.74 Å². The van der Waals surface area contributed by atoms with Gasteiger partial charge in [-0.1, -0.05) is 0 Å². The molecule has 8 heteroatoms. The van der Waals surface area contributed by atoms with Crippen LogP contribution in [0, 0.1) is 0 Å². The lowest BCUT2D eigenvalue weighted by molar-refractivity contribution is 0.0159. The van der Waals surface area contributed by atoms with Gasteiger partial charge in [-0.25, -0.2) is 4.79 Å². The minimum atomic E-state index is -1.54. The van der Waals surface area contributed by atoms with Crippen molar-refractivity contribution in [3.8, 4) is 0 Å². The molecule has 1 amide bonds. The Kier molecular flexibility index (Phi) is 5.16. The van der Waals surface area contributed by atoms with E-state index in [9.17, 15) is 14.8 Å². The summed E-state index contributed by atoms with van der Waals surface area (Å²) < 4.78 is 5.43. The molecule has 0 spiro atoms. The van der Waals surface area contributed by atoms with Gasteiger partial charge in [-0.05, 0) is 33.8 Å². The number of amides is 1. The number of carbonyl (C=O) groups is 1. The highest BCUT2D eigenvalue weighted by Gasteiger charge is 2.31. The zero-order chi connectivity index (χ0) is 17.2. The van der Waals surface area contributed by atoms with Crippen LogP contribution in [0.25, 0.3) is 0 Å². The van der Waals surface area contributed by atoms with Crippen LogP contribution in [0.2, 0.25) is 0 Å². The highest BCUT2D eigenvalue weighted by atomic mass is 16.6. The van der Waals surface area contributed by atoms with Crippen molar-refractivity contribution in [2.24, 2.45) is 0 Å². The highest BCUT2D eigenvalue weighted by Crippen LogP contribution is 2.19. The summed E-state index contributed by atoms with van der Waals surface area (Å²) in [5.74, 6) is 0. The summed E-state index contributed by atoms with van der Waals surface area (Å²) in [7, 11) is -1.54. The number of rotatable bonds is 2. The second-order valence-electron chi connectivity index (χ2n) is 6.82. The first-order valence-electron chi connectivity index (χ1n) is 7.73. The minimum absolute atomic E-state index is 0.0127. The molecule has 1 aliphatic heterocycles. The SMILES string of the molecule is C[C@@H]1CN(c2cncc(B(O)O)c2)CCN1C(=O)OC(C)(C)C. The van der Waals surface area contributed by atoms with E-state index in [1.807, 2.05) is 27.7 Å². The Morgan fingerprint density at radius 3 is 2.61 bits per heavy atom. The molecule has 1 aliphatic rings. The van der Waals surface area contributed by atoms with Crippen LogP contribution >= 0.6 is 0 Å². The first-order valence-corrected chi connectivity index (χ1v) is 7.73. The molecule has 2 rings (SSSR count). The van der Waals surface area contributed by atoms with Crippen LogP contribution in [0.5, 0.6) is 0 Å². The molecule has 1 atom stereocenters. The summed E-state index contributed by atoms with van der Waals surface area (Å²) in [6.07, 6.45) is 2.80. The van der Waals surface area contributed by atoms with Crippen molar-refractivity contribution in [3.05, 3.63) is 18.5 Å². The molecular formula is C15H24BN3O4. The molecule has 126 valence electrons. The Bertz CT molecular complexity index is 562. The van der Waals surface area contributed by atoms with Crippen LogP contribution in [0.1, 0.15) is 27.7 Å². The summed E-state index contributed by atoms with van der Waals surface area (Å²) >= 11 is 0. The summed E-state index contributed by atoms with van der Waals surface area (Å²) in [5.41, 5.74) is 0.653. The van der Waals surface area contributed by atoms with E-state index in [4.69, 9.17) is 4.74 Å². The molecule has 0 radical (unpaired) electrons. The van der Waals surface area contributed by atoms with E-state index in [-0.39, 0.29) is 12.1 Å². The van der Waals surface area contributed by atoms with Crippen molar-refractivity contribution >= 4 is 24.4 Å². The minimum Gasteiger partial charge on any atom is -0.444 e. The lowest BCUT2D eigenvalue weighted by atomic mass is 9.81. The van der Waals surface area contributed by atoms with E-state index in [0.717, 1.165) is 5.69 Å².